The van der Waals surface area contributed by atoms with Gasteiger partial charge in [-0.15, -0.1) is 0 Å². The zero-order valence-electron chi connectivity index (χ0n) is 15.9. The van der Waals surface area contributed by atoms with E-state index in [2.05, 4.69) is 5.32 Å². The van der Waals surface area contributed by atoms with Gasteiger partial charge in [0.2, 0.25) is 15.9 Å². The van der Waals surface area contributed by atoms with Crippen molar-refractivity contribution in [2.45, 2.75) is 32.5 Å². The lowest BCUT2D eigenvalue weighted by Crippen LogP contribution is -2.47. The van der Waals surface area contributed by atoms with Crippen molar-refractivity contribution in [3.05, 3.63) is 58.6 Å². The lowest BCUT2D eigenvalue weighted by molar-refractivity contribution is -0.137. The molecule has 2 rings (SSSR count). The Morgan fingerprint density at radius 3 is 2.24 bits per heavy atom. The Morgan fingerprint density at radius 2 is 1.76 bits per heavy atom. The van der Waals surface area contributed by atoms with E-state index < -0.39 is 39.4 Å². The van der Waals surface area contributed by atoms with Crippen LogP contribution in [0, 0.1) is 6.92 Å². The van der Waals surface area contributed by atoms with Gasteiger partial charge in [0.05, 0.1) is 23.2 Å². The van der Waals surface area contributed by atoms with Crippen LogP contribution in [0.25, 0.3) is 0 Å². The second-order valence-electron chi connectivity index (χ2n) is 6.50. The number of amides is 1. The molecule has 158 valence electrons. The molecule has 29 heavy (non-hydrogen) atoms. The molecule has 0 bridgehead atoms. The topological polar surface area (TPSA) is 66.5 Å². The average molecular weight is 449 g/mol. The van der Waals surface area contributed by atoms with Crippen LogP contribution in [-0.2, 0) is 21.0 Å². The summed E-state index contributed by atoms with van der Waals surface area (Å²) in [6.07, 6.45) is -3.77. The van der Waals surface area contributed by atoms with E-state index in [0.29, 0.717) is 6.07 Å². The molecular formula is C19H20ClF3N2O3S. The highest BCUT2D eigenvalue weighted by atomic mass is 35.5. The Bertz CT molecular complexity index is 993. The summed E-state index contributed by atoms with van der Waals surface area (Å²) in [4.78, 5) is 12.8. The minimum atomic E-state index is -4.75. The maximum absolute atomic E-state index is 13.3. The molecule has 1 N–H and O–H groups in total. The van der Waals surface area contributed by atoms with Gasteiger partial charge >= 0.3 is 6.18 Å². The van der Waals surface area contributed by atoms with Gasteiger partial charge < -0.3 is 5.32 Å². The van der Waals surface area contributed by atoms with E-state index in [0.717, 1.165) is 22.2 Å². The van der Waals surface area contributed by atoms with E-state index in [4.69, 9.17) is 11.6 Å². The molecule has 2 aromatic rings. The molecule has 0 aromatic heterocycles. The number of carbonyl (C=O) groups excluding carboxylic acids is 1. The number of hydrogen-bond acceptors (Lipinski definition) is 3. The number of aryl methyl sites for hydroxylation is 1. The Balaban J connectivity index is 2.45. The van der Waals surface area contributed by atoms with Gasteiger partial charge in [-0.1, -0.05) is 36.2 Å². The molecule has 2 aromatic carbocycles. The van der Waals surface area contributed by atoms with Gasteiger partial charge in [0.15, 0.2) is 0 Å². The summed E-state index contributed by atoms with van der Waals surface area (Å²) in [5.41, 5.74) is -0.486. The first-order valence-corrected chi connectivity index (χ1v) is 10.8. The fourth-order valence-electron chi connectivity index (χ4n) is 2.83. The Kier molecular flexibility index (Phi) is 6.85. The van der Waals surface area contributed by atoms with Gasteiger partial charge in [-0.2, -0.15) is 13.2 Å². The predicted octanol–water partition coefficient (Wildman–Crippen LogP) is 4.85. The molecule has 0 saturated carbocycles. The standard InChI is InChI=1S/C19H20ClF3N2O3S/c1-4-17(25(29(3,27)28)14-8-5-12(2)6-9-14)18(26)24-16-10-7-13(20)11-15(16)19(21,22)23/h5-11,17H,4H2,1-3H3,(H,24,26)/t17-/m1/s1. The summed E-state index contributed by atoms with van der Waals surface area (Å²) < 4.78 is 65.6. The third-order valence-corrected chi connectivity index (χ3v) is 5.58. The van der Waals surface area contributed by atoms with Crippen molar-refractivity contribution in [2.75, 3.05) is 15.9 Å². The molecule has 0 heterocycles. The predicted molar refractivity (Wildman–Crippen MR) is 108 cm³/mol. The first-order chi connectivity index (χ1) is 13.3. The van der Waals surface area contributed by atoms with Crippen molar-refractivity contribution in [3.8, 4) is 0 Å². The zero-order valence-corrected chi connectivity index (χ0v) is 17.5. The lowest BCUT2D eigenvalue weighted by Gasteiger charge is -2.30. The van der Waals surface area contributed by atoms with Gasteiger partial charge in [-0.05, 0) is 43.7 Å². The van der Waals surface area contributed by atoms with E-state index in [-0.39, 0.29) is 17.1 Å². The highest BCUT2D eigenvalue weighted by Gasteiger charge is 2.36. The van der Waals surface area contributed by atoms with Crippen molar-refractivity contribution >= 4 is 38.9 Å². The summed E-state index contributed by atoms with van der Waals surface area (Å²) in [6.45, 7) is 3.39. The number of carbonyl (C=O) groups is 1. The minimum Gasteiger partial charge on any atom is -0.324 e. The van der Waals surface area contributed by atoms with Gasteiger partial charge in [-0.3, -0.25) is 9.10 Å². The molecule has 1 amide bonds. The molecule has 0 unspecified atom stereocenters. The number of alkyl halides is 3. The van der Waals surface area contributed by atoms with Crippen molar-refractivity contribution < 1.29 is 26.4 Å². The van der Waals surface area contributed by atoms with Gasteiger partial charge in [0.1, 0.15) is 6.04 Å². The zero-order chi connectivity index (χ0) is 22.0. The molecule has 0 radical (unpaired) electrons. The van der Waals surface area contributed by atoms with Crippen LogP contribution in [0.4, 0.5) is 24.5 Å². The summed E-state index contributed by atoms with van der Waals surface area (Å²) in [6, 6.07) is 8.13. The molecule has 5 nitrogen and oxygen atoms in total. The Hall–Kier alpha value is -2.26. The number of benzene rings is 2. The first kappa shape index (κ1) is 23.0. The number of nitrogens with zero attached hydrogens (tertiary/aromatic N) is 1. The van der Waals surface area contributed by atoms with Gasteiger partial charge in [0.25, 0.3) is 0 Å². The molecule has 0 aliphatic rings. The highest BCUT2D eigenvalue weighted by Crippen LogP contribution is 2.37. The molecule has 0 aliphatic carbocycles. The third-order valence-electron chi connectivity index (χ3n) is 4.16. The fraction of sp³-hybridized carbons (Fsp3) is 0.316. The van der Waals surface area contributed by atoms with Crippen molar-refractivity contribution in [1.82, 2.24) is 0 Å². The number of hydrogen-bond donors (Lipinski definition) is 1. The van der Waals surface area contributed by atoms with Crippen LogP contribution in [0.15, 0.2) is 42.5 Å². The van der Waals surface area contributed by atoms with Crippen LogP contribution in [0.2, 0.25) is 5.02 Å². The SMILES string of the molecule is CC[C@H](C(=O)Nc1ccc(Cl)cc1C(F)(F)F)N(c1ccc(C)cc1)S(C)(=O)=O. The monoisotopic (exact) mass is 448 g/mol. The molecule has 10 heteroatoms. The van der Waals surface area contributed by atoms with Crippen molar-refractivity contribution in [2.24, 2.45) is 0 Å². The quantitative estimate of drug-likeness (QED) is 0.687. The Labute approximate surface area is 172 Å². The average Bonchev–Trinajstić information content (AvgIpc) is 2.60. The summed E-state index contributed by atoms with van der Waals surface area (Å²) in [7, 11) is -3.90. The maximum atomic E-state index is 13.3. The number of rotatable bonds is 6. The molecule has 0 fully saturated rings. The van der Waals surface area contributed by atoms with Crippen LogP contribution in [0.1, 0.15) is 24.5 Å². The lowest BCUT2D eigenvalue weighted by atomic mass is 10.1. The van der Waals surface area contributed by atoms with Crippen molar-refractivity contribution in [1.29, 1.82) is 0 Å². The third kappa shape index (κ3) is 5.63. The van der Waals surface area contributed by atoms with E-state index in [9.17, 15) is 26.4 Å². The van der Waals surface area contributed by atoms with Gasteiger partial charge in [-0.25, -0.2) is 8.42 Å². The van der Waals surface area contributed by atoms with Crippen LogP contribution < -0.4 is 9.62 Å². The normalized spacial score (nSPS) is 13.1. The van der Waals surface area contributed by atoms with E-state index in [1.165, 1.54) is 18.2 Å². The number of halogens is 4. The second kappa shape index (κ2) is 8.62. The number of nitrogens with one attached hydrogen (secondary N) is 1. The summed E-state index contributed by atoms with van der Waals surface area (Å²) >= 11 is 5.65. The Morgan fingerprint density at radius 1 is 1.17 bits per heavy atom. The molecule has 0 aliphatic heterocycles. The number of sulfonamides is 1. The van der Waals surface area contributed by atoms with Gasteiger partial charge in [0, 0.05) is 5.02 Å². The van der Waals surface area contributed by atoms with Crippen LogP contribution in [-0.4, -0.2) is 26.6 Å². The molecule has 0 spiro atoms. The second-order valence-corrected chi connectivity index (χ2v) is 8.79. The molecule has 1 atom stereocenters. The van der Waals surface area contributed by atoms with Crippen LogP contribution in [0.5, 0.6) is 0 Å². The molecule has 0 saturated heterocycles. The fourth-order valence-corrected chi connectivity index (χ4v) is 4.21. The van der Waals surface area contributed by atoms with E-state index in [1.807, 2.05) is 6.92 Å². The largest absolute Gasteiger partial charge is 0.418 e. The van der Waals surface area contributed by atoms with E-state index >= 15 is 0 Å². The first-order valence-electron chi connectivity index (χ1n) is 8.58. The van der Waals surface area contributed by atoms with Crippen LogP contribution >= 0.6 is 11.6 Å². The van der Waals surface area contributed by atoms with Crippen LogP contribution in [0.3, 0.4) is 0 Å². The highest BCUT2D eigenvalue weighted by molar-refractivity contribution is 7.92. The summed E-state index contributed by atoms with van der Waals surface area (Å²) in [5, 5.41) is 2.07. The summed E-state index contributed by atoms with van der Waals surface area (Å²) in [5.74, 6) is -0.883. The maximum Gasteiger partial charge on any atom is 0.418 e. The van der Waals surface area contributed by atoms with E-state index in [1.54, 1.807) is 19.1 Å². The smallest absolute Gasteiger partial charge is 0.324 e. The molecular weight excluding hydrogens is 429 g/mol. The minimum absolute atomic E-state index is 0.0434. The van der Waals surface area contributed by atoms with Crippen molar-refractivity contribution in [3.63, 3.8) is 0 Å². The number of anilines is 2.